The van der Waals surface area contributed by atoms with E-state index in [1.165, 1.54) is 0 Å². The van der Waals surface area contributed by atoms with Crippen molar-refractivity contribution in [3.05, 3.63) is 35.9 Å². The fourth-order valence-electron chi connectivity index (χ4n) is 3.66. The van der Waals surface area contributed by atoms with Crippen molar-refractivity contribution in [1.29, 1.82) is 0 Å². The smallest absolute Gasteiger partial charge is 0.227 e. The van der Waals surface area contributed by atoms with Gasteiger partial charge in [-0.05, 0) is 32.5 Å². The Morgan fingerprint density at radius 3 is 2.83 bits per heavy atom. The summed E-state index contributed by atoms with van der Waals surface area (Å²) in [5, 5.41) is 0. The van der Waals surface area contributed by atoms with Gasteiger partial charge >= 0.3 is 0 Å². The fourth-order valence-corrected chi connectivity index (χ4v) is 3.66. The summed E-state index contributed by atoms with van der Waals surface area (Å²) in [5.41, 5.74) is 1.07. The Bertz CT molecular complexity index is 535. The maximum Gasteiger partial charge on any atom is 0.227 e. The highest BCUT2D eigenvalue weighted by Gasteiger charge is 2.44. The number of hydrogen-bond donors (Lipinski definition) is 0. The number of morpholine rings is 1. The maximum atomic E-state index is 12.7. The van der Waals surface area contributed by atoms with E-state index in [9.17, 15) is 4.79 Å². The van der Waals surface area contributed by atoms with E-state index in [2.05, 4.69) is 4.90 Å². The molecule has 0 bridgehead atoms. The molecule has 3 atom stereocenters. The zero-order valence-electron chi connectivity index (χ0n) is 14.7. The molecule has 0 aromatic heterocycles. The molecule has 1 aliphatic carbocycles. The van der Waals surface area contributed by atoms with E-state index in [-0.39, 0.29) is 24.2 Å². The van der Waals surface area contributed by atoms with Crippen molar-refractivity contribution in [2.24, 2.45) is 0 Å². The summed E-state index contributed by atoms with van der Waals surface area (Å²) in [5.74, 6) is 0.202. The number of fused-ring (bicyclic) bond motifs is 1. The Morgan fingerprint density at radius 1 is 1.29 bits per heavy atom. The molecule has 0 spiro atoms. The summed E-state index contributed by atoms with van der Waals surface area (Å²) in [4.78, 5) is 16.9. The number of carbonyl (C=O) groups is 1. The van der Waals surface area contributed by atoms with Gasteiger partial charge in [0, 0.05) is 13.1 Å². The van der Waals surface area contributed by atoms with Crippen molar-refractivity contribution in [1.82, 2.24) is 9.80 Å². The fraction of sp³-hybridized carbons (Fsp3) is 0.632. The molecule has 1 heterocycles. The molecule has 1 aromatic rings. The molecule has 24 heavy (non-hydrogen) atoms. The molecule has 1 amide bonds. The van der Waals surface area contributed by atoms with Gasteiger partial charge in [-0.25, -0.2) is 0 Å². The van der Waals surface area contributed by atoms with Crippen LogP contribution >= 0.6 is 0 Å². The van der Waals surface area contributed by atoms with Crippen LogP contribution in [0.1, 0.15) is 18.4 Å². The van der Waals surface area contributed by atoms with Crippen LogP contribution in [-0.4, -0.2) is 74.4 Å². The monoisotopic (exact) mass is 332 g/mol. The van der Waals surface area contributed by atoms with E-state index < -0.39 is 0 Å². The van der Waals surface area contributed by atoms with E-state index in [1.54, 1.807) is 0 Å². The third-order valence-corrected chi connectivity index (χ3v) is 4.92. The van der Waals surface area contributed by atoms with Crippen LogP contribution in [0.4, 0.5) is 0 Å². The third kappa shape index (κ3) is 4.15. The average molecular weight is 332 g/mol. The van der Waals surface area contributed by atoms with Gasteiger partial charge in [0.05, 0.1) is 31.8 Å². The Morgan fingerprint density at radius 2 is 2.08 bits per heavy atom. The Kier molecular flexibility index (Phi) is 5.87. The van der Waals surface area contributed by atoms with Crippen LogP contribution in [0.5, 0.6) is 0 Å². The second kappa shape index (κ2) is 8.10. The summed E-state index contributed by atoms with van der Waals surface area (Å²) >= 11 is 0. The molecule has 1 saturated heterocycles. The molecule has 5 nitrogen and oxygen atoms in total. The van der Waals surface area contributed by atoms with Crippen molar-refractivity contribution in [3.8, 4) is 0 Å². The summed E-state index contributed by atoms with van der Waals surface area (Å²) in [6.07, 6.45) is 2.55. The molecule has 0 N–H and O–H groups in total. The highest BCUT2D eigenvalue weighted by molar-refractivity contribution is 5.79. The summed E-state index contributed by atoms with van der Waals surface area (Å²) in [7, 11) is 4.09. The Labute approximate surface area is 144 Å². The first kappa shape index (κ1) is 17.4. The maximum absolute atomic E-state index is 12.7. The second-order valence-corrected chi connectivity index (χ2v) is 6.94. The van der Waals surface area contributed by atoms with Crippen LogP contribution in [0.15, 0.2) is 30.3 Å². The molecule has 1 aromatic carbocycles. The number of hydrogen-bond acceptors (Lipinski definition) is 4. The molecule has 2 aliphatic rings. The van der Waals surface area contributed by atoms with Gasteiger partial charge in [-0.1, -0.05) is 30.3 Å². The van der Waals surface area contributed by atoms with E-state index in [4.69, 9.17) is 9.47 Å². The molecule has 0 unspecified atom stereocenters. The number of benzene rings is 1. The van der Waals surface area contributed by atoms with E-state index in [0.29, 0.717) is 26.2 Å². The van der Waals surface area contributed by atoms with Crippen molar-refractivity contribution in [3.63, 3.8) is 0 Å². The molecule has 1 aliphatic heterocycles. The number of likely N-dealkylation sites (N-methyl/N-ethyl adjacent to an activating group) is 1. The quantitative estimate of drug-likeness (QED) is 0.793. The number of amides is 1. The standard InChI is InChI=1S/C19H28N2O3/c1-20(2)10-12-23-17-9-8-16-19(17)24-13-11-21(16)18(22)14-15-6-4-3-5-7-15/h3-7,16-17,19H,8-14H2,1-2H3/t16-,17+,19+/m0/s1. The topological polar surface area (TPSA) is 42.0 Å². The van der Waals surface area contributed by atoms with Crippen molar-refractivity contribution in [2.75, 3.05) is 40.4 Å². The molecular weight excluding hydrogens is 304 g/mol. The number of rotatable bonds is 6. The van der Waals surface area contributed by atoms with Crippen LogP contribution in [-0.2, 0) is 20.7 Å². The van der Waals surface area contributed by atoms with Gasteiger partial charge in [0.25, 0.3) is 0 Å². The first-order chi connectivity index (χ1) is 11.6. The van der Waals surface area contributed by atoms with Gasteiger partial charge in [-0.2, -0.15) is 0 Å². The molecule has 132 valence electrons. The number of ether oxygens (including phenoxy) is 2. The lowest BCUT2D eigenvalue weighted by Crippen LogP contribution is -2.54. The zero-order chi connectivity index (χ0) is 16.9. The lowest BCUT2D eigenvalue weighted by atomic mass is 10.1. The van der Waals surface area contributed by atoms with Crippen LogP contribution in [0.3, 0.4) is 0 Å². The first-order valence-electron chi connectivity index (χ1n) is 8.86. The van der Waals surface area contributed by atoms with Gasteiger partial charge in [0.15, 0.2) is 0 Å². The van der Waals surface area contributed by atoms with E-state index >= 15 is 0 Å². The predicted octanol–water partition coefficient (Wildman–Crippen LogP) is 1.57. The Hall–Kier alpha value is -1.43. The van der Waals surface area contributed by atoms with Crippen LogP contribution in [0, 0.1) is 0 Å². The predicted molar refractivity (Wildman–Crippen MR) is 92.9 cm³/mol. The van der Waals surface area contributed by atoms with Crippen molar-refractivity contribution in [2.45, 2.75) is 37.5 Å². The van der Waals surface area contributed by atoms with E-state index in [0.717, 1.165) is 24.9 Å². The highest BCUT2D eigenvalue weighted by Crippen LogP contribution is 2.32. The summed E-state index contributed by atoms with van der Waals surface area (Å²) in [6.45, 7) is 2.92. The zero-order valence-corrected chi connectivity index (χ0v) is 14.7. The molecule has 3 rings (SSSR count). The average Bonchev–Trinajstić information content (AvgIpc) is 2.99. The lowest BCUT2D eigenvalue weighted by molar-refractivity contribution is -0.151. The normalized spacial score (nSPS) is 26.6. The van der Waals surface area contributed by atoms with Crippen molar-refractivity contribution < 1.29 is 14.3 Å². The second-order valence-electron chi connectivity index (χ2n) is 6.94. The lowest BCUT2D eigenvalue weighted by Gasteiger charge is -2.39. The molecule has 2 fully saturated rings. The van der Waals surface area contributed by atoms with Crippen LogP contribution in [0.2, 0.25) is 0 Å². The highest BCUT2D eigenvalue weighted by atomic mass is 16.5. The minimum Gasteiger partial charge on any atom is -0.374 e. The number of nitrogens with zero attached hydrogens (tertiary/aromatic N) is 2. The minimum absolute atomic E-state index is 0.0284. The molecule has 5 heteroatoms. The largest absolute Gasteiger partial charge is 0.374 e. The minimum atomic E-state index is 0.0284. The third-order valence-electron chi connectivity index (χ3n) is 4.92. The molecular formula is C19H28N2O3. The van der Waals surface area contributed by atoms with Crippen LogP contribution in [0.25, 0.3) is 0 Å². The van der Waals surface area contributed by atoms with Gasteiger partial charge in [-0.3, -0.25) is 4.79 Å². The van der Waals surface area contributed by atoms with Crippen molar-refractivity contribution >= 4 is 5.91 Å². The van der Waals surface area contributed by atoms with Gasteiger partial charge in [-0.15, -0.1) is 0 Å². The Balaban J connectivity index is 1.57. The summed E-state index contributed by atoms with van der Waals surface area (Å²) < 4.78 is 12.0. The number of carbonyl (C=O) groups excluding carboxylic acids is 1. The van der Waals surface area contributed by atoms with Gasteiger partial charge in [0.1, 0.15) is 6.10 Å². The first-order valence-corrected chi connectivity index (χ1v) is 8.86. The molecule has 0 radical (unpaired) electrons. The van der Waals surface area contributed by atoms with Crippen LogP contribution < -0.4 is 0 Å². The molecule has 1 saturated carbocycles. The van der Waals surface area contributed by atoms with E-state index in [1.807, 2.05) is 49.3 Å². The summed E-state index contributed by atoms with van der Waals surface area (Å²) in [6, 6.07) is 10.1. The van der Waals surface area contributed by atoms with Gasteiger partial charge < -0.3 is 19.3 Å². The van der Waals surface area contributed by atoms with Gasteiger partial charge in [0.2, 0.25) is 5.91 Å². The SMILES string of the molecule is CN(C)CCO[C@@H]1CC[C@H]2[C@H]1OCCN2C(=O)Cc1ccccc1.